The lowest BCUT2D eigenvalue weighted by Crippen LogP contribution is -2.31. The second kappa shape index (κ2) is 9.42. The number of aryl methyl sites for hydroxylation is 1. The summed E-state index contributed by atoms with van der Waals surface area (Å²) in [6.07, 6.45) is 1.64. The van der Waals surface area contributed by atoms with Gasteiger partial charge in [-0.15, -0.1) is 0 Å². The summed E-state index contributed by atoms with van der Waals surface area (Å²) in [6.45, 7) is 2.95. The zero-order chi connectivity index (χ0) is 24.4. The van der Waals surface area contributed by atoms with E-state index in [9.17, 15) is 22.4 Å². The summed E-state index contributed by atoms with van der Waals surface area (Å²) in [7, 11) is 0. The number of rotatable bonds is 6. The highest BCUT2D eigenvalue weighted by molar-refractivity contribution is 5.90. The number of carbonyl (C=O) groups excluding carboxylic acids is 1. The smallest absolute Gasteiger partial charge is 0.320 e. The molecule has 0 aliphatic rings. The lowest BCUT2D eigenvalue weighted by atomic mass is 10.1. The van der Waals surface area contributed by atoms with Crippen LogP contribution < -0.4 is 15.4 Å². The molecule has 1 atom stereocenters. The van der Waals surface area contributed by atoms with Crippen molar-refractivity contribution >= 4 is 17.5 Å². The van der Waals surface area contributed by atoms with Crippen molar-refractivity contribution in [1.82, 2.24) is 14.7 Å². The molecule has 2 N–H and O–H groups in total. The van der Waals surface area contributed by atoms with Crippen LogP contribution in [0.3, 0.4) is 0 Å². The van der Waals surface area contributed by atoms with Crippen molar-refractivity contribution in [3.63, 3.8) is 0 Å². The summed E-state index contributed by atoms with van der Waals surface area (Å²) in [4.78, 5) is 17.0. The molecule has 0 saturated heterocycles. The van der Waals surface area contributed by atoms with Crippen molar-refractivity contribution in [2.45, 2.75) is 26.5 Å². The number of anilines is 1. The van der Waals surface area contributed by atoms with E-state index in [2.05, 4.69) is 15.6 Å². The van der Waals surface area contributed by atoms with E-state index in [0.717, 1.165) is 24.3 Å². The van der Waals surface area contributed by atoms with Gasteiger partial charge in [0.1, 0.15) is 24.1 Å². The fourth-order valence-corrected chi connectivity index (χ4v) is 3.44. The molecule has 0 bridgehead atoms. The van der Waals surface area contributed by atoms with E-state index in [1.54, 1.807) is 36.6 Å². The summed E-state index contributed by atoms with van der Waals surface area (Å²) < 4.78 is 61.7. The number of pyridine rings is 1. The minimum atomic E-state index is -1.01. The Hall–Kier alpha value is -4.08. The zero-order valence-corrected chi connectivity index (χ0v) is 18.2. The monoisotopic (exact) mass is 472 g/mol. The van der Waals surface area contributed by atoms with Crippen LogP contribution in [0.1, 0.15) is 29.8 Å². The number of fused-ring (bicyclic) bond motifs is 1. The molecule has 4 rings (SSSR count). The first-order valence-electron chi connectivity index (χ1n) is 10.3. The predicted molar refractivity (Wildman–Crippen MR) is 118 cm³/mol. The number of nitrogens with one attached hydrogen (secondary N) is 2. The third-order valence-electron chi connectivity index (χ3n) is 5.25. The van der Waals surface area contributed by atoms with Crippen LogP contribution in [-0.4, -0.2) is 15.4 Å². The Morgan fingerprint density at radius 1 is 1.03 bits per heavy atom. The van der Waals surface area contributed by atoms with Crippen molar-refractivity contribution in [1.29, 1.82) is 0 Å². The van der Waals surface area contributed by atoms with Gasteiger partial charge in [0.05, 0.1) is 17.3 Å². The Kier molecular flexibility index (Phi) is 6.40. The number of imidazole rings is 1. The average molecular weight is 472 g/mol. The van der Waals surface area contributed by atoms with Gasteiger partial charge >= 0.3 is 6.03 Å². The van der Waals surface area contributed by atoms with E-state index in [-0.39, 0.29) is 17.9 Å². The first-order chi connectivity index (χ1) is 16.2. The van der Waals surface area contributed by atoms with Crippen LogP contribution in [0.2, 0.25) is 0 Å². The normalized spacial score (nSPS) is 11.9. The number of halogens is 4. The van der Waals surface area contributed by atoms with E-state index in [1.807, 2.05) is 0 Å². The molecule has 2 heterocycles. The summed E-state index contributed by atoms with van der Waals surface area (Å²) in [5, 5.41) is 5.34. The molecule has 1 unspecified atom stereocenters. The van der Waals surface area contributed by atoms with Crippen molar-refractivity contribution in [2.24, 2.45) is 0 Å². The second-order valence-corrected chi connectivity index (χ2v) is 7.59. The number of urea groups is 1. The lowest BCUT2D eigenvalue weighted by molar-refractivity contribution is 0.249. The Morgan fingerprint density at radius 3 is 2.47 bits per heavy atom. The number of benzene rings is 2. The molecule has 2 aromatic heterocycles. The molecule has 2 amide bonds. The molecule has 0 radical (unpaired) electrons. The lowest BCUT2D eigenvalue weighted by Gasteiger charge is -2.15. The summed E-state index contributed by atoms with van der Waals surface area (Å²) >= 11 is 0. The quantitative estimate of drug-likeness (QED) is 0.356. The number of hydrogen-bond donors (Lipinski definition) is 2. The highest BCUT2D eigenvalue weighted by Crippen LogP contribution is 2.26. The molecule has 6 nitrogen and oxygen atoms in total. The molecule has 176 valence electrons. The molecule has 0 aliphatic carbocycles. The fraction of sp³-hybridized carbons (Fsp3) is 0.167. The van der Waals surface area contributed by atoms with Gasteiger partial charge in [0, 0.05) is 6.20 Å². The predicted octanol–water partition coefficient (Wildman–Crippen LogP) is 5.66. The van der Waals surface area contributed by atoms with Crippen LogP contribution in [0, 0.1) is 30.2 Å². The SMILES string of the molecule is Cc1nc2c(OCc3c(F)cccc3F)cccn2c1NC(=O)NC(C)c1ccc(F)c(F)c1. The standard InChI is InChI=1S/C24H20F4N4O2/c1-13(15-8-9-19(27)20(28)11-15)30-24(33)31-22-14(2)29-23-21(7-4-10-32(22)23)34-12-16-17(25)5-3-6-18(16)26/h3-11,13H,12H2,1-2H3,(H2,30,31,33). The number of amides is 2. The zero-order valence-electron chi connectivity index (χ0n) is 18.2. The molecule has 2 aromatic carbocycles. The first kappa shape index (κ1) is 23.1. The Balaban J connectivity index is 1.51. The van der Waals surface area contributed by atoms with E-state index < -0.39 is 35.3 Å². The molecule has 10 heteroatoms. The Labute approximate surface area is 192 Å². The van der Waals surface area contributed by atoms with E-state index in [4.69, 9.17) is 4.74 Å². The maximum absolute atomic E-state index is 13.9. The summed E-state index contributed by atoms with van der Waals surface area (Å²) in [6, 6.07) is 8.96. The number of ether oxygens (including phenoxy) is 1. The number of aromatic nitrogens is 2. The van der Waals surface area contributed by atoms with Crippen LogP contribution in [0.25, 0.3) is 5.65 Å². The van der Waals surface area contributed by atoms with Crippen molar-refractivity contribution in [3.8, 4) is 5.75 Å². The van der Waals surface area contributed by atoms with Gasteiger partial charge in [-0.3, -0.25) is 9.72 Å². The molecular weight excluding hydrogens is 452 g/mol. The number of carbonyl (C=O) groups is 1. The minimum Gasteiger partial charge on any atom is -0.485 e. The van der Waals surface area contributed by atoms with Crippen molar-refractivity contribution in [2.75, 3.05) is 5.32 Å². The Bertz CT molecular complexity index is 1350. The maximum atomic E-state index is 13.9. The highest BCUT2D eigenvalue weighted by atomic mass is 19.2. The molecular formula is C24H20F4N4O2. The second-order valence-electron chi connectivity index (χ2n) is 7.59. The topological polar surface area (TPSA) is 67.7 Å². The van der Waals surface area contributed by atoms with Crippen LogP contribution in [-0.2, 0) is 6.61 Å². The van der Waals surface area contributed by atoms with Gasteiger partial charge in [-0.05, 0) is 55.8 Å². The molecule has 0 aliphatic heterocycles. The fourth-order valence-electron chi connectivity index (χ4n) is 3.44. The van der Waals surface area contributed by atoms with Gasteiger partial charge in [-0.2, -0.15) is 0 Å². The molecule has 34 heavy (non-hydrogen) atoms. The van der Waals surface area contributed by atoms with E-state index in [1.165, 1.54) is 12.1 Å². The number of nitrogens with zero attached hydrogens (tertiary/aromatic N) is 2. The Morgan fingerprint density at radius 2 is 1.76 bits per heavy atom. The van der Waals surface area contributed by atoms with Gasteiger partial charge in [-0.25, -0.2) is 27.3 Å². The minimum absolute atomic E-state index is 0.211. The molecule has 0 spiro atoms. The van der Waals surface area contributed by atoms with Gasteiger partial charge in [0.2, 0.25) is 0 Å². The first-order valence-corrected chi connectivity index (χ1v) is 10.3. The van der Waals surface area contributed by atoms with Gasteiger partial charge in [-0.1, -0.05) is 12.1 Å². The van der Waals surface area contributed by atoms with Crippen molar-refractivity contribution in [3.05, 3.63) is 94.8 Å². The summed E-state index contributed by atoms with van der Waals surface area (Å²) in [5.74, 6) is -2.82. The third kappa shape index (κ3) is 4.66. The third-order valence-corrected chi connectivity index (χ3v) is 5.25. The number of hydrogen-bond acceptors (Lipinski definition) is 3. The van der Waals surface area contributed by atoms with Crippen LogP contribution in [0.5, 0.6) is 5.75 Å². The van der Waals surface area contributed by atoms with Gasteiger partial charge in [0.15, 0.2) is 23.0 Å². The maximum Gasteiger partial charge on any atom is 0.320 e. The average Bonchev–Trinajstić information content (AvgIpc) is 3.11. The highest BCUT2D eigenvalue weighted by Gasteiger charge is 2.18. The molecule has 0 saturated carbocycles. The van der Waals surface area contributed by atoms with Crippen LogP contribution in [0.4, 0.5) is 28.2 Å². The van der Waals surface area contributed by atoms with Crippen LogP contribution in [0.15, 0.2) is 54.7 Å². The van der Waals surface area contributed by atoms with Crippen molar-refractivity contribution < 1.29 is 27.1 Å². The van der Waals surface area contributed by atoms with E-state index in [0.29, 0.717) is 22.7 Å². The molecule has 0 fully saturated rings. The largest absolute Gasteiger partial charge is 0.485 e. The van der Waals surface area contributed by atoms with E-state index >= 15 is 0 Å². The summed E-state index contributed by atoms with van der Waals surface area (Å²) in [5.41, 5.74) is 0.973. The van der Waals surface area contributed by atoms with Gasteiger partial charge in [0.25, 0.3) is 0 Å². The molecule has 4 aromatic rings. The van der Waals surface area contributed by atoms with Gasteiger partial charge < -0.3 is 10.1 Å². The van der Waals surface area contributed by atoms with Crippen LogP contribution >= 0.6 is 0 Å².